The maximum Gasteiger partial charge on any atom is 0.317 e. The third-order valence-corrected chi connectivity index (χ3v) is 6.09. The highest BCUT2D eigenvalue weighted by Gasteiger charge is 2.38. The Balaban J connectivity index is 1.92. The lowest BCUT2D eigenvalue weighted by Crippen LogP contribution is -2.49. The van der Waals surface area contributed by atoms with Crippen LogP contribution in [0.25, 0.3) is 0 Å². The van der Waals surface area contributed by atoms with Gasteiger partial charge in [-0.3, -0.25) is 4.79 Å². The van der Waals surface area contributed by atoms with Crippen LogP contribution in [-0.2, 0) is 14.6 Å². The lowest BCUT2D eigenvalue weighted by molar-refractivity contribution is -0.131. The van der Waals surface area contributed by atoms with Gasteiger partial charge in [0.2, 0.25) is 5.91 Å². The first-order chi connectivity index (χ1) is 9.99. The Bertz CT molecular complexity index is 567. The fourth-order valence-corrected chi connectivity index (χ4v) is 4.75. The van der Waals surface area contributed by atoms with Crippen LogP contribution in [-0.4, -0.2) is 72.9 Å². The molecule has 2 atom stereocenters. The van der Waals surface area contributed by atoms with E-state index in [0.29, 0.717) is 19.4 Å². The first kappa shape index (κ1) is 17.1. The summed E-state index contributed by atoms with van der Waals surface area (Å²) in [5.74, 6) is 0.188. The average Bonchev–Trinajstić information content (AvgIpc) is 2.90. The van der Waals surface area contributed by atoms with E-state index in [4.69, 9.17) is 0 Å². The van der Waals surface area contributed by atoms with Crippen LogP contribution in [0, 0.1) is 0 Å². The van der Waals surface area contributed by atoms with Crippen molar-refractivity contribution in [2.45, 2.75) is 51.2 Å². The fourth-order valence-electron chi connectivity index (χ4n) is 2.98. The summed E-state index contributed by atoms with van der Waals surface area (Å²) in [7, 11) is -1.41. The molecule has 2 aliphatic heterocycles. The van der Waals surface area contributed by atoms with Crippen molar-refractivity contribution < 1.29 is 18.0 Å². The molecule has 126 valence electrons. The Morgan fingerprint density at radius 1 is 1.36 bits per heavy atom. The number of carbonyl (C=O) groups is 2. The van der Waals surface area contributed by atoms with E-state index < -0.39 is 9.84 Å². The monoisotopic (exact) mass is 331 g/mol. The second-order valence-electron chi connectivity index (χ2n) is 7.19. The second-order valence-corrected chi connectivity index (χ2v) is 9.42. The van der Waals surface area contributed by atoms with E-state index in [0.717, 1.165) is 0 Å². The molecule has 0 aromatic carbocycles. The molecule has 1 N–H and O–H groups in total. The minimum Gasteiger partial charge on any atom is -0.336 e. The van der Waals surface area contributed by atoms with Crippen molar-refractivity contribution in [3.8, 4) is 0 Å². The lowest BCUT2D eigenvalue weighted by Gasteiger charge is -2.32. The van der Waals surface area contributed by atoms with Crippen LogP contribution in [0.5, 0.6) is 0 Å². The van der Waals surface area contributed by atoms with E-state index in [-0.39, 0.29) is 41.1 Å². The smallest absolute Gasteiger partial charge is 0.317 e. The van der Waals surface area contributed by atoms with Gasteiger partial charge in [-0.05, 0) is 27.2 Å². The molecular weight excluding hydrogens is 306 g/mol. The van der Waals surface area contributed by atoms with Gasteiger partial charge in [0.05, 0.1) is 17.5 Å². The molecule has 0 spiro atoms. The van der Waals surface area contributed by atoms with Gasteiger partial charge >= 0.3 is 6.03 Å². The number of nitrogens with zero attached hydrogens (tertiary/aromatic N) is 2. The molecular formula is C14H25N3O4S. The van der Waals surface area contributed by atoms with E-state index in [1.54, 1.807) is 11.9 Å². The second kappa shape index (κ2) is 5.72. The van der Waals surface area contributed by atoms with Crippen LogP contribution < -0.4 is 5.32 Å². The molecule has 2 aliphatic rings. The van der Waals surface area contributed by atoms with Gasteiger partial charge in [0, 0.05) is 31.6 Å². The summed E-state index contributed by atoms with van der Waals surface area (Å²) in [5.41, 5.74) is -0.262. The molecule has 0 saturated carbocycles. The molecule has 0 aromatic rings. The molecule has 8 heteroatoms. The molecule has 2 rings (SSSR count). The Labute approximate surface area is 131 Å². The van der Waals surface area contributed by atoms with Gasteiger partial charge in [0.1, 0.15) is 0 Å². The number of likely N-dealkylation sites (tertiary alicyclic amines) is 1. The van der Waals surface area contributed by atoms with Gasteiger partial charge < -0.3 is 15.1 Å². The lowest BCUT2D eigenvalue weighted by atomic mass is 10.1. The molecule has 7 nitrogen and oxygen atoms in total. The van der Waals surface area contributed by atoms with Crippen molar-refractivity contribution in [2.75, 3.05) is 25.1 Å². The number of amides is 3. The molecule has 2 unspecified atom stereocenters. The SMILES string of the molecule is CN(C(=O)NC1CC(=O)N(C(C)(C)C)C1)C1CCS(=O)(=O)C1. The van der Waals surface area contributed by atoms with Crippen molar-refractivity contribution >= 4 is 21.8 Å². The number of carbonyl (C=O) groups excluding carboxylic acids is 2. The van der Waals surface area contributed by atoms with E-state index in [1.165, 1.54) is 4.90 Å². The summed E-state index contributed by atoms with van der Waals surface area (Å²) >= 11 is 0. The third kappa shape index (κ3) is 3.71. The molecule has 0 aromatic heterocycles. The molecule has 22 heavy (non-hydrogen) atoms. The fraction of sp³-hybridized carbons (Fsp3) is 0.857. The van der Waals surface area contributed by atoms with Gasteiger partial charge in [0.15, 0.2) is 9.84 Å². The number of hydrogen-bond donors (Lipinski definition) is 1. The molecule has 0 aliphatic carbocycles. The van der Waals surface area contributed by atoms with Gasteiger partial charge in [0.25, 0.3) is 0 Å². The van der Waals surface area contributed by atoms with E-state index in [9.17, 15) is 18.0 Å². The van der Waals surface area contributed by atoms with E-state index in [1.807, 2.05) is 20.8 Å². The first-order valence-corrected chi connectivity index (χ1v) is 9.36. The molecule has 2 heterocycles. The Kier molecular flexibility index (Phi) is 4.43. The summed E-state index contributed by atoms with van der Waals surface area (Å²) in [6, 6.07) is -0.809. The van der Waals surface area contributed by atoms with Crippen LogP contribution in [0.4, 0.5) is 4.79 Å². The molecule has 3 amide bonds. The quantitative estimate of drug-likeness (QED) is 0.784. The summed E-state index contributed by atoms with van der Waals surface area (Å²) in [4.78, 5) is 27.5. The van der Waals surface area contributed by atoms with Crippen LogP contribution in [0.3, 0.4) is 0 Å². The number of rotatable bonds is 2. The van der Waals surface area contributed by atoms with Crippen molar-refractivity contribution in [3.63, 3.8) is 0 Å². The van der Waals surface area contributed by atoms with Crippen LogP contribution >= 0.6 is 0 Å². The topological polar surface area (TPSA) is 86.8 Å². The van der Waals surface area contributed by atoms with E-state index >= 15 is 0 Å². The molecule has 2 fully saturated rings. The maximum atomic E-state index is 12.3. The normalized spacial score (nSPS) is 28.0. The minimum absolute atomic E-state index is 0.0225. The largest absolute Gasteiger partial charge is 0.336 e. The minimum atomic E-state index is -3.02. The van der Waals surface area contributed by atoms with Crippen molar-refractivity contribution in [1.29, 1.82) is 0 Å². The third-order valence-electron chi connectivity index (χ3n) is 4.34. The van der Waals surface area contributed by atoms with Crippen LogP contribution in [0.1, 0.15) is 33.6 Å². The highest BCUT2D eigenvalue weighted by molar-refractivity contribution is 7.91. The average molecular weight is 331 g/mol. The highest BCUT2D eigenvalue weighted by Crippen LogP contribution is 2.22. The number of hydrogen-bond acceptors (Lipinski definition) is 4. The van der Waals surface area contributed by atoms with Gasteiger partial charge in [-0.25, -0.2) is 13.2 Å². The molecule has 0 bridgehead atoms. The first-order valence-electron chi connectivity index (χ1n) is 7.54. The molecule has 0 radical (unpaired) electrons. The van der Waals surface area contributed by atoms with Gasteiger partial charge in [-0.2, -0.15) is 0 Å². The predicted octanol–water partition coefficient (Wildman–Crippen LogP) is 0.214. The number of urea groups is 1. The Morgan fingerprint density at radius 3 is 2.45 bits per heavy atom. The van der Waals surface area contributed by atoms with Crippen molar-refractivity contribution in [1.82, 2.24) is 15.1 Å². The summed E-state index contributed by atoms with van der Waals surface area (Å²) in [6.45, 7) is 6.38. The van der Waals surface area contributed by atoms with Crippen LogP contribution in [0.15, 0.2) is 0 Å². The summed E-state index contributed by atoms with van der Waals surface area (Å²) in [5, 5.41) is 2.85. The number of sulfone groups is 1. The number of nitrogens with one attached hydrogen (secondary N) is 1. The standard InChI is InChI=1S/C14H25N3O4S/c1-14(2,3)17-8-10(7-12(17)18)15-13(19)16(4)11-5-6-22(20,21)9-11/h10-11H,5-9H2,1-4H3,(H,15,19). The zero-order valence-electron chi connectivity index (χ0n) is 13.6. The zero-order chi connectivity index (χ0) is 16.7. The van der Waals surface area contributed by atoms with Gasteiger partial charge in [-0.1, -0.05) is 0 Å². The predicted molar refractivity (Wildman–Crippen MR) is 83.2 cm³/mol. The highest BCUT2D eigenvalue weighted by atomic mass is 32.2. The Hall–Kier alpha value is -1.31. The molecule has 2 saturated heterocycles. The maximum absolute atomic E-state index is 12.3. The zero-order valence-corrected chi connectivity index (χ0v) is 14.4. The van der Waals surface area contributed by atoms with Crippen molar-refractivity contribution in [2.24, 2.45) is 0 Å². The summed E-state index contributed by atoms with van der Waals surface area (Å²) < 4.78 is 23.0. The van der Waals surface area contributed by atoms with E-state index in [2.05, 4.69) is 5.32 Å². The Morgan fingerprint density at radius 2 is 2.00 bits per heavy atom. The van der Waals surface area contributed by atoms with Crippen LogP contribution in [0.2, 0.25) is 0 Å². The van der Waals surface area contributed by atoms with Gasteiger partial charge in [-0.15, -0.1) is 0 Å². The van der Waals surface area contributed by atoms with Crippen molar-refractivity contribution in [3.05, 3.63) is 0 Å². The summed E-state index contributed by atoms with van der Waals surface area (Å²) in [6.07, 6.45) is 0.768.